The summed E-state index contributed by atoms with van der Waals surface area (Å²) in [5, 5.41) is 31.4. The number of ether oxygens (including phenoxy) is 10. The Hall–Kier alpha value is -6.69. The first kappa shape index (κ1) is 57.6. The van der Waals surface area contributed by atoms with Gasteiger partial charge >= 0.3 is 23.9 Å². The van der Waals surface area contributed by atoms with Crippen molar-refractivity contribution in [3.63, 3.8) is 0 Å². The fourth-order valence-corrected chi connectivity index (χ4v) is 5.66. The van der Waals surface area contributed by atoms with Gasteiger partial charge in [-0.25, -0.2) is 4.79 Å². The summed E-state index contributed by atoms with van der Waals surface area (Å²) in [5.41, 5.74) is 1.62. The molecule has 5 N–H and O–H groups in total. The molecule has 0 aliphatic heterocycles. The van der Waals surface area contributed by atoms with Gasteiger partial charge in [0.1, 0.15) is 30.5 Å². The van der Waals surface area contributed by atoms with Gasteiger partial charge in [-0.15, -0.1) is 0 Å². The molecule has 384 valence electrons. The average molecular weight is 987 g/mol. The monoisotopic (exact) mass is 986 g/mol. The lowest BCUT2D eigenvalue weighted by Gasteiger charge is -2.15. The zero-order valence-corrected chi connectivity index (χ0v) is 38.9. The van der Waals surface area contributed by atoms with E-state index in [1.54, 1.807) is 42.5 Å². The highest BCUT2D eigenvalue weighted by atomic mass is 16.6. The highest BCUT2D eigenvalue weighted by molar-refractivity contribution is 5.92. The zero-order valence-electron chi connectivity index (χ0n) is 38.9. The molecule has 0 bridgehead atoms. The molecule has 0 unspecified atom stereocenters. The van der Waals surface area contributed by atoms with Gasteiger partial charge in [0, 0.05) is 32.2 Å². The number of nitrogens with one attached hydrogen (secondary N) is 2. The van der Waals surface area contributed by atoms with Crippen molar-refractivity contribution in [2.24, 2.45) is 0 Å². The molecule has 0 saturated heterocycles. The van der Waals surface area contributed by atoms with Crippen LogP contribution in [0.3, 0.4) is 0 Å². The number of hydrogen-bond donors (Lipinski definition) is 5. The molecular formula is C48H62N2O20. The minimum Gasteiger partial charge on any atom is -0.486 e. The Bertz CT molecular complexity index is 2070. The molecule has 3 aromatic rings. The summed E-state index contributed by atoms with van der Waals surface area (Å²) in [6, 6.07) is 18.2. The van der Waals surface area contributed by atoms with Crippen LogP contribution in [0.5, 0.6) is 17.2 Å². The first-order valence-electron chi connectivity index (χ1n) is 22.4. The van der Waals surface area contributed by atoms with Crippen LogP contribution in [0.25, 0.3) is 11.1 Å². The van der Waals surface area contributed by atoms with E-state index in [-0.39, 0.29) is 133 Å². The van der Waals surface area contributed by atoms with Gasteiger partial charge in [-0.3, -0.25) is 28.8 Å². The number of rotatable bonds is 41. The third-order valence-corrected chi connectivity index (χ3v) is 9.09. The van der Waals surface area contributed by atoms with E-state index in [9.17, 15) is 33.6 Å². The molecule has 0 fully saturated rings. The summed E-state index contributed by atoms with van der Waals surface area (Å²) in [4.78, 5) is 83.6. The summed E-state index contributed by atoms with van der Waals surface area (Å²) < 4.78 is 55.0. The number of ketones is 1. The van der Waals surface area contributed by atoms with Crippen LogP contribution in [0, 0.1) is 0 Å². The van der Waals surface area contributed by atoms with E-state index < -0.39 is 48.9 Å². The maximum atomic E-state index is 13.5. The van der Waals surface area contributed by atoms with Crippen LogP contribution >= 0.6 is 0 Å². The smallest absolute Gasteiger partial charge is 0.338 e. The Morgan fingerprint density at radius 3 is 1.39 bits per heavy atom. The molecule has 22 heteroatoms. The average Bonchev–Trinajstić information content (AvgIpc) is 3.34. The minimum absolute atomic E-state index is 0.0163. The Morgan fingerprint density at radius 1 is 0.443 bits per heavy atom. The van der Waals surface area contributed by atoms with Crippen LogP contribution in [0.1, 0.15) is 48.0 Å². The predicted molar refractivity (Wildman–Crippen MR) is 246 cm³/mol. The van der Waals surface area contributed by atoms with Gasteiger partial charge in [-0.05, 0) is 53.4 Å². The fourth-order valence-electron chi connectivity index (χ4n) is 5.66. The normalized spacial score (nSPS) is 10.8. The molecule has 0 radical (unpaired) electrons. The second-order valence-electron chi connectivity index (χ2n) is 14.8. The standard InChI is InChI=1S/C48H62N2O20/c51-39(7-4-13-61-14-8-45(54)55)32-67-40-26-36(25-38(29-40)48(60)70-31-35-5-2-1-3-6-35)37-27-41(68-33-43(52)49-11-17-62-15-9-46(56)57)30-42(28-37)69-34-44(53)50-12-18-64-20-22-66-24-23-65-21-19-63-16-10-47(58)59/h1-3,5-6,25-30H,4,7-24,31-34H2,(H,49,52)(H,50,53)(H,54,55)(H,56,57)(H,58,59). The van der Waals surface area contributed by atoms with Crippen molar-refractivity contribution >= 4 is 41.5 Å². The number of carbonyl (C=O) groups is 7. The van der Waals surface area contributed by atoms with Crippen molar-refractivity contribution in [2.45, 2.75) is 38.7 Å². The Labute approximate surface area is 404 Å². The van der Waals surface area contributed by atoms with Crippen LogP contribution in [-0.4, -0.2) is 169 Å². The maximum Gasteiger partial charge on any atom is 0.338 e. The highest BCUT2D eigenvalue weighted by Gasteiger charge is 2.17. The van der Waals surface area contributed by atoms with Gasteiger partial charge in [0.2, 0.25) is 0 Å². The zero-order chi connectivity index (χ0) is 50.6. The molecule has 0 aliphatic rings. The van der Waals surface area contributed by atoms with E-state index in [1.165, 1.54) is 18.2 Å². The maximum absolute atomic E-state index is 13.5. The Morgan fingerprint density at radius 2 is 0.871 bits per heavy atom. The fraction of sp³-hybridized carbons (Fsp3) is 0.479. The molecule has 0 aliphatic carbocycles. The van der Waals surface area contributed by atoms with Gasteiger partial charge in [0.05, 0.1) is 97.5 Å². The third kappa shape index (κ3) is 28.0. The summed E-state index contributed by atoms with van der Waals surface area (Å²) in [7, 11) is 0. The number of benzene rings is 3. The van der Waals surface area contributed by atoms with E-state index in [1.807, 2.05) is 6.07 Å². The van der Waals surface area contributed by atoms with Crippen molar-refractivity contribution in [3.05, 3.63) is 77.9 Å². The summed E-state index contributed by atoms with van der Waals surface area (Å²) in [6.45, 7) is 1.37. The first-order chi connectivity index (χ1) is 33.9. The van der Waals surface area contributed by atoms with Gasteiger partial charge in [0.15, 0.2) is 19.0 Å². The van der Waals surface area contributed by atoms with E-state index in [0.717, 1.165) is 5.56 Å². The molecule has 0 aromatic heterocycles. The number of esters is 1. The second-order valence-corrected chi connectivity index (χ2v) is 14.8. The molecule has 70 heavy (non-hydrogen) atoms. The number of carboxylic acids is 3. The number of carbonyl (C=O) groups excluding carboxylic acids is 4. The molecule has 2 amide bonds. The van der Waals surface area contributed by atoms with Crippen molar-refractivity contribution in [2.75, 3.05) is 112 Å². The molecule has 0 atom stereocenters. The van der Waals surface area contributed by atoms with Gasteiger partial charge in [0.25, 0.3) is 11.8 Å². The quantitative estimate of drug-likeness (QED) is 0.0403. The molecule has 22 nitrogen and oxygen atoms in total. The first-order valence-corrected chi connectivity index (χ1v) is 22.4. The van der Waals surface area contributed by atoms with Crippen LogP contribution < -0.4 is 24.8 Å². The van der Waals surface area contributed by atoms with Crippen molar-refractivity contribution in [1.29, 1.82) is 0 Å². The molecular weight excluding hydrogens is 925 g/mol. The lowest BCUT2D eigenvalue weighted by molar-refractivity contribution is -0.139. The van der Waals surface area contributed by atoms with Gasteiger partial charge in [-0.1, -0.05) is 30.3 Å². The number of hydrogen-bond acceptors (Lipinski definition) is 17. The summed E-state index contributed by atoms with van der Waals surface area (Å²) >= 11 is 0. The van der Waals surface area contributed by atoms with Gasteiger partial charge < -0.3 is 73.3 Å². The number of carboxylic acid groups (broad SMARTS) is 3. The minimum atomic E-state index is -1.01. The largest absolute Gasteiger partial charge is 0.486 e. The van der Waals surface area contributed by atoms with Crippen LogP contribution in [-0.2, 0) is 68.5 Å². The van der Waals surface area contributed by atoms with Crippen molar-refractivity contribution in [3.8, 4) is 28.4 Å². The van der Waals surface area contributed by atoms with Gasteiger partial charge in [-0.2, -0.15) is 0 Å². The van der Waals surface area contributed by atoms with E-state index >= 15 is 0 Å². The van der Waals surface area contributed by atoms with Crippen LogP contribution in [0.2, 0.25) is 0 Å². The molecule has 3 rings (SSSR count). The van der Waals surface area contributed by atoms with Crippen molar-refractivity contribution < 1.29 is 96.2 Å². The number of amides is 2. The predicted octanol–water partition coefficient (Wildman–Crippen LogP) is 2.95. The highest BCUT2D eigenvalue weighted by Crippen LogP contribution is 2.33. The van der Waals surface area contributed by atoms with Crippen LogP contribution in [0.4, 0.5) is 0 Å². The third-order valence-electron chi connectivity index (χ3n) is 9.09. The summed E-state index contributed by atoms with van der Waals surface area (Å²) in [6.07, 6.45) is 0.0269. The SMILES string of the molecule is O=C(O)CCOCCCC(=O)COc1cc(C(=O)OCc2ccccc2)cc(-c2cc(OCC(=O)NCCOCCOCCOCCOCCC(=O)O)cc(OCC(=O)NCCOCCC(=O)O)c2)c1. The second kappa shape index (κ2) is 35.4. The summed E-state index contributed by atoms with van der Waals surface area (Å²) in [5.74, 6) is -4.45. The van der Waals surface area contributed by atoms with E-state index in [2.05, 4.69) is 10.6 Å². The van der Waals surface area contributed by atoms with E-state index in [0.29, 0.717) is 44.0 Å². The molecule has 3 aromatic carbocycles. The number of aliphatic carboxylic acids is 3. The lowest BCUT2D eigenvalue weighted by atomic mass is 10.0. The van der Waals surface area contributed by atoms with Crippen LogP contribution in [0.15, 0.2) is 66.7 Å². The van der Waals surface area contributed by atoms with E-state index in [4.69, 9.17) is 62.7 Å². The van der Waals surface area contributed by atoms with Crippen molar-refractivity contribution in [1.82, 2.24) is 10.6 Å². The lowest BCUT2D eigenvalue weighted by Crippen LogP contribution is -2.32. The Balaban J connectivity index is 1.66. The molecule has 0 spiro atoms. The molecule has 0 saturated carbocycles. The Kier molecular flexibility index (Phi) is 29.2. The molecule has 0 heterocycles. The number of Topliss-reactive ketones (excluding diaryl/α,β-unsaturated/α-hetero) is 1. The topological polar surface area (TPSA) is 297 Å².